The molecular formula is C10H13BrN2O2. The predicted molar refractivity (Wildman–Crippen MR) is 60.0 cm³/mol. The second-order valence-electron chi connectivity index (χ2n) is 3.78. The van der Waals surface area contributed by atoms with Crippen LogP contribution in [0.25, 0.3) is 0 Å². The summed E-state index contributed by atoms with van der Waals surface area (Å²) in [6.45, 7) is 0.639. The third kappa shape index (κ3) is 2.59. The Balaban J connectivity index is 1.87. The fourth-order valence-corrected chi connectivity index (χ4v) is 1.90. The molecule has 1 aliphatic rings. The normalized spacial score (nSPS) is 16.1. The Morgan fingerprint density at radius 3 is 3.07 bits per heavy atom. The Morgan fingerprint density at radius 1 is 1.60 bits per heavy atom. The van der Waals surface area contributed by atoms with Crippen LogP contribution in [-0.2, 0) is 0 Å². The van der Waals surface area contributed by atoms with Crippen molar-refractivity contribution in [2.75, 3.05) is 6.61 Å². The number of ether oxygens (including phenoxy) is 1. The van der Waals surface area contributed by atoms with Crippen LogP contribution in [-0.4, -0.2) is 16.6 Å². The van der Waals surface area contributed by atoms with Crippen molar-refractivity contribution in [1.29, 1.82) is 0 Å². The highest BCUT2D eigenvalue weighted by molar-refractivity contribution is 9.10. The average Bonchev–Trinajstić information content (AvgIpc) is 2.16. The van der Waals surface area contributed by atoms with Gasteiger partial charge in [-0.05, 0) is 28.3 Å². The van der Waals surface area contributed by atoms with Crippen molar-refractivity contribution in [2.45, 2.75) is 25.7 Å². The summed E-state index contributed by atoms with van der Waals surface area (Å²) in [6, 6.07) is 0. The van der Waals surface area contributed by atoms with Gasteiger partial charge in [-0.3, -0.25) is 4.79 Å². The molecule has 0 aliphatic heterocycles. The van der Waals surface area contributed by atoms with E-state index in [2.05, 4.69) is 25.9 Å². The largest absolute Gasteiger partial charge is 0.477 e. The molecule has 0 atom stereocenters. The van der Waals surface area contributed by atoms with Crippen LogP contribution in [0.5, 0.6) is 5.88 Å². The number of H-pyrrole nitrogens is 1. The Morgan fingerprint density at radius 2 is 2.40 bits per heavy atom. The first-order valence-corrected chi connectivity index (χ1v) is 5.92. The molecule has 82 valence electrons. The van der Waals surface area contributed by atoms with E-state index in [1.807, 2.05) is 0 Å². The van der Waals surface area contributed by atoms with E-state index < -0.39 is 0 Å². The van der Waals surface area contributed by atoms with E-state index in [4.69, 9.17) is 4.74 Å². The lowest BCUT2D eigenvalue weighted by atomic mass is 9.83. The standard InChI is InChI=1S/C10H13BrN2O2/c11-8-9(14)12-6-13-10(8)15-5-4-7-2-1-3-7/h6-7H,1-5H2,(H,12,13,14). The van der Waals surface area contributed by atoms with Gasteiger partial charge < -0.3 is 9.72 Å². The van der Waals surface area contributed by atoms with Crippen molar-refractivity contribution in [3.05, 3.63) is 21.2 Å². The molecule has 0 radical (unpaired) electrons. The zero-order chi connectivity index (χ0) is 10.7. The number of aromatic amines is 1. The Labute approximate surface area is 96.2 Å². The molecular weight excluding hydrogens is 260 g/mol. The topological polar surface area (TPSA) is 55.0 Å². The fourth-order valence-electron chi connectivity index (χ4n) is 1.57. The van der Waals surface area contributed by atoms with Crippen LogP contribution in [0.1, 0.15) is 25.7 Å². The minimum Gasteiger partial charge on any atom is -0.477 e. The van der Waals surface area contributed by atoms with Crippen LogP contribution in [0, 0.1) is 5.92 Å². The van der Waals surface area contributed by atoms with Gasteiger partial charge in [0.25, 0.3) is 5.56 Å². The van der Waals surface area contributed by atoms with Crippen molar-refractivity contribution >= 4 is 15.9 Å². The molecule has 1 aliphatic carbocycles. The van der Waals surface area contributed by atoms with E-state index in [-0.39, 0.29) is 5.56 Å². The van der Waals surface area contributed by atoms with Gasteiger partial charge >= 0.3 is 0 Å². The van der Waals surface area contributed by atoms with Gasteiger partial charge in [0.1, 0.15) is 4.47 Å². The van der Waals surface area contributed by atoms with Gasteiger partial charge in [-0.2, -0.15) is 0 Å². The molecule has 1 fully saturated rings. The number of rotatable bonds is 4. The Hall–Kier alpha value is -0.840. The second-order valence-corrected chi connectivity index (χ2v) is 4.58. The van der Waals surface area contributed by atoms with E-state index in [0.717, 1.165) is 12.3 Å². The molecule has 0 amide bonds. The minimum absolute atomic E-state index is 0.205. The summed E-state index contributed by atoms with van der Waals surface area (Å²) in [7, 11) is 0. The van der Waals surface area contributed by atoms with E-state index >= 15 is 0 Å². The highest BCUT2D eigenvalue weighted by atomic mass is 79.9. The van der Waals surface area contributed by atoms with Gasteiger partial charge in [0.2, 0.25) is 5.88 Å². The van der Waals surface area contributed by atoms with Crippen LogP contribution < -0.4 is 10.3 Å². The number of nitrogens with one attached hydrogen (secondary N) is 1. The van der Waals surface area contributed by atoms with E-state index in [9.17, 15) is 4.79 Å². The lowest BCUT2D eigenvalue weighted by Crippen LogP contribution is -2.16. The average molecular weight is 273 g/mol. The van der Waals surface area contributed by atoms with Gasteiger partial charge in [-0.25, -0.2) is 4.98 Å². The SMILES string of the molecule is O=c1[nH]cnc(OCCC2CCC2)c1Br. The fraction of sp³-hybridized carbons (Fsp3) is 0.600. The highest BCUT2D eigenvalue weighted by Gasteiger charge is 2.17. The Kier molecular flexibility index (Phi) is 3.41. The first kappa shape index (κ1) is 10.7. The van der Waals surface area contributed by atoms with Crippen molar-refractivity contribution < 1.29 is 4.74 Å². The zero-order valence-corrected chi connectivity index (χ0v) is 9.92. The number of hydrogen-bond donors (Lipinski definition) is 1. The summed E-state index contributed by atoms with van der Waals surface area (Å²) in [5.41, 5.74) is -0.205. The molecule has 0 unspecified atom stereocenters. The van der Waals surface area contributed by atoms with Gasteiger partial charge in [0, 0.05) is 0 Å². The first-order valence-electron chi connectivity index (χ1n) is 5.13. The molecule has 1 saturated carbocycles. The zero-order valence-electron chi connectivity index (χ0n) is 8.33. The van der Waals surface area contributed by atoms with Gasteiger partial charge in [-0.1, -0.05) is 19.3 Å². The lowest BCUT2D eigenvalue weighted by molar-refractivity contribution is 0.216. The second kappa shape index (κ2) is 4.79. The summed E-state index contributed by atoms with van der Waals surface area (Å²) in [4.78, 5) is 17.6. The molecule has 2 rings (SSSR count). The third-order valence-electron chi connectivity index (χ3n) is 2.75. The monoisotopic (exact) mass is 272 g/mol. The summed E-state index contributed by atoms with van der Waals surface area (Å²) in [5, 5.41) is 0. The minimum atomic E-state index is -0.205. The quantitative estimate of drug-likeness (QED) is 0.914. The highest BCUT2D eigenvalue weighted by Crippen LogP contribution is 2.29. The smallest absolute Gasteiger partial charge is 0.268 e. The number of hydrogen-bond acceptors (Lipinski definition) is 3. The number of aromatic nitrogens is 2. The molecule has 1 N–H and O–H groups in total. The maximum absolute atomic E-state index is 11.2. The Bertz CT molecular complexity index is 387. The summed E-state index contributed by atoms with van der Waals surface area (Å²) >= 11 is 3.15. The van der Waals surface area contributed by atoms with E-state index in [1.165, 1.54) is 25.6 Å². The predicted octanol–water partition coefficient (Wildman–Crippen LogP) is 2.10. The summed E-state index contributed by atoms with van der Waals surface area (Å²) in [5.74, 6) is 1.20. The molecule has 1 aromatic rings. The van der Waals surface area contributed by atoms with Gasteiger partial charge in [0.05, 0.1) is 12.9 Å². The van der Waals surface area contributed by atoms with Crippen LogP contribution in [0.2, 0.25) is 0 Å². The van der Waals surface area contributed by atoms with Crippen molar-refractivity contribution in [1.82, 2.24) is 9.97 Å². The summed E-state index contributed by atoms with van der Waals surface area (Å²) in [6.07, 6.45) is 6.38. The van der Waals surface area contributed by atoms with Crippen molar-refractivity contribution in [2.24, 2.45) is 5.92 Å². The molecule has 0 aromatic carbocycles. The maximum Gasteiger partial charge on any atom is 0.268 e. The molecule has 15 heavy (non-hydrogen) atoms. The van der Waals surface area contributed by atoms with E-state index in [1.54, 1.807) is 0 Å². The maximum atomic E-state index is 11.2. The van der Waals surface area contributed by atoms with Gasteiger partial charge in [0.15, 0.2) is 0 Å². The molecule has 0 bridgehead atoms. The van der Waals surface area contributed by atoms with Crippen LogP contribution in [0.3, 0.4) is 0 Å². The number of nitrogens with zero attached hydrogens (tertiary/aromatic N) is 1. The van der Waals surface area contributed by atoms with Crippen LogP contribution in [0.15, 0.2) is 15.6 Å². The molecule has 0 saturated heterocycles. The first-order chi connectivity index (χ1) is 7.27. The van der Waals surface area contributed by atoms with Crippen molar-refractivity contribution in [3.8, 4) is 5.88 Å². The summed E-state index contributed by atoms with van der Waals surface area (Å²) < 4.78 is 5.82. The third-order valence-corrected chi connectivity index (χ3v) is 3.45. The van der Waals surface area contributed by atoms with E-state index in [0.29, 0.717) is 17.0 Å². The number of halogens is 1. The van der Waals surface area contributed by atoms with Gasteiger partial charge in [-0.15, -0.1) is 0 Å². The molecule has 5 heteroatoms. The molecule has 1 aromatic heterocycles. The van der Waals surface area contributed by atoms with Crippen LogP contribution in [0.4, 0.5) is 0 Å². The van der Waals surface area contributed by atoms with Crippen molar-refractivity contribution in [3.63, 3.8) is 0 Å². The van der Waals surface area contributed by atoms with Crippen LogP contribution >= 0.6 is 15.9 Å². The molecule has 1 heterocycles. The molecule has 0 spiro atoms. The molecule has 4 nitrogen and oxygen atoms in total. The lowest BCUT2D eigenvalue weighted by Gasteiger charge is -2.24.